The van der Waals surface area contributed by atoms with Gasteiger partial charge in [-0.05, 0) is 42.2 Å². The van der Waals surface area contributed by atoms with Crippen LogP contribution in [0.2, 0.25) is 0 Å². The maximum absolute atomic E-state index is 5.53. The highest BCUT2D eigenvalue weighted by molar-refractivity contribution is 7.19. The predicted octanol–water partition coefficient (Wildman–Crippen LogP) is 4.36. The van der Waals surface area contributed by atoms with Crippen LogP contribution >= 0.6 is 11.3 Å². The molecule has 1 saturated carbocycles. The van der Waals surface area contributed by atoms with Gasteiger partial charge < -0.3 is 10.1 Å². The first kappa shape index (κ1) is 13.9. The van der Waals surface area contributed by atoms with Crippen LogP contribution in [-0.4, -0.2) is 13.2 Å². The molecular formula is C17H23NOS. The molecule has 3 heteroatoms. The summed E-state index contributed by atoms with van der Waals surface area (Å²) < 4.78 is 6.83. The largest absolute Gasteiger partial charge is 0.495 e. The first-order valence-corrected chi connectivity index (χ1v) is 8.31. The van der Waals surface area contributed by atoms with E-state index in [9.17, 15) is 0 Å². The SMILES string of the molecule is COc1cccc2c(CC(C)C)c(CNC3CC3)sc12. The number of hydrogen-bond donors (Lipinski definition) is 1. The number of benzene rings is 1. The molecule has 1 fully saturated rings. The third-order valence-corrected chi connectivity index (χ3v) is 5.09. The third kappa shape index (κ3) is 2.84. The predicted molar refractivity (Wildman–Crippen MR) is 86.8 cm³/mol. The van der Waals surface area contributed by atoms with E-state index < -0.39 is 0 Å². The van der Waals surface area contributed by atoms with Crippen molar-refractivity contribution >= 4 is 21.4 Å². The molecule has 20 heavy (non-hydrogen) atoms. The molecule has 108 valence electrons. The van der Waals surface area contributed by atoms with E-state index in [1.807, 2.05) is 11.3 Å². The van der Waals surface area contributed by atoms with E-state index in [0.29, 0.717) is 5.92 Å². The molecule has 1 N–H and O–H groups in total. The minimum atomic E-state index is 0.679. The van der Waals surface area contributed by atoms with Crippen LogP contribution in [0.3, 0.4) is 0 Å². The number of nitrogens with one attached hydrogen (secondary N) is 1. The van der Waals surface area contributed by atoms with Crippen LogP contribution in [0.25, 0.3) is 10.1 Å². The maximum atomic E-state index is 5.53. The lowest BCUT2D eigenvalue weighted by Gasteiger charge is -2.08. The van der Waals surface area contributed by atoms with Crippen molar-refractivity contribution in [2.75, 3.05) is 7.11 Å². The minimum Gasteiger partial charge on any atom is -0.495 e. The van der Waals surface area contributed by atoms with Crippen molar-refractivity contribution < 1.29 is 4.74 Å². The Morgan fingerprint density at radius 1 is 1.35 bits per heavy atom. The van der Waals surface area contributed by atoms with Crippen LogP contribution in [0.1, 0.15) is 37.1 Å². The van der Waals surface area contributed by atoms with Gasteiger partial charge in [-0.25, -0.2) is 0 Å². The molecule has 1 heterocycles. The van der Waals surface area contributed by atoms with Crippen molar-refractivity contribution in [2.45, 2.75) is 45.7 Å². The number of fused-ring (bicyclic) bond motifs is 1. The number of thiophene rings is 1. The van der Waals surface area contributed by atoms with E-state index in [1.54, 1.807) is 7.11 Å². The Bertz CT molecular complexity index is 598. The van der Waals surface area contributed by atoms with Crippen molar-refractivity contribution in [3.63, 3.8) is 0 Å². The van der Waals surface area contributed by atoms with Gasteiger partial charge in [0, 0.05) is 17.5 Å². The molecular weight excluding hydrogens is 266 g/mol. The van der Waals surface area contributed by atoms with Crippen molar-refractivity contribution in [1.82, 2.24) is 5.32 Å². The average Bonchev–Trinajstić information content (AvgIpc) is 3.19. The second-order valence-corrected chi connectivity index (χ2v) is 7.20. The summed E-state index contributed by atoms with van der Waals surface area (Å²) in [7, 11) is 1.76. The normalized spacial score (nSPS) is 15.2. The lowest BCUT2D eigenvalue weighted by Crippen LogP contribution is -2.15. The minimum absolute atomic E-state index is 0.679. The molecule has 0 aliphatic heterocycles. The van der Waals surface area contributed by atoms with Crippen LogP contribution in [0.4, 0.5) is 0 Å². The summed E-state index contributed by atoms with van der Waals surface area (Å²) in [4.78, 5) is 1.49. The van der Waals surface area contributed by atoms with Crippen LogP contribution in [0.15, 0.2) is 18.2 Å². The zero-order valence-electron chi connectivity index (χ0n) is 12.5. The number of rotatable bonds is 6. The summed E-state index contributed by atoms with van der Waals surface area (Å²) in [6, 6.07) is 7.17. The summed E-state index contributed by atoms with van der Waals surface area (Å²) in [5.41, 5.74) is 1.52. The zero-order valence-corrected chi connectivity index (χ0v) is 13.3. The average molecular weight is 289 g/mol. The Balaban J connectivity index is 2.00. The summed E-state index contributed by atoms with van der Waals surface area (Å²) in [6.07, 6.45) is 3.83. The van der Waals surface area contributed by atoms with E-state index in [-0.39, 0.29) is 0 Å². The lowest BCUT2D eigenvalue weighted by molar-refractivity contribution is 0.420. The standard InChI is InChI=1S/C17H23NOS/c1-11(2)9-14-13-5-4-6-15(19-3)17(13)20-16(14)10-18-12-7-8-12/h4-6,11-12,18H,7-10H2,1-3H3. The highest BCUT2D eigenvalue weighted by atomic mass is 32.1. The highest BCUT2D eigenvalue weighted by Crippen LogP contribution is 2.38. The molecule has 1 aromatic heterocycles. The van der Waals surface area contributed by atoms with Crippen LogP contribution in [0, 0.1) is 5.92 Å². The van der Waals surface area contributed by atoms with E-state index in [0.717, 1.165) is 24.8 Å². The van der Waals surface area contributed by atoms with Gasteiger partial charge in [-0.3, -0.25) is 0 Å². The van der Waals surface area contributed by atoms with Gasteiger partial charge >= 0.3 is 0 Å². The summed E-state index contributed by atoms with van der Waals surface area (Å²) in [5, 5.41) is 5.04. The van der Waals surface area contributed by atoms with Gasteiger partial charge in [0.2, 0.25) is 0 Å². The quantitative estimate of drug-likeness (QED) is 0.853. The Morgan fingerprint density at radius 2 is 2.15 bits per heavy atom. The number of hydrogen-bond acceptors (Lipinski definition) is 3. The topological polar surface area (TPSA) is 21.3 Å². The molecule has 0 amide bonds. The van der Waals surface area contributed by atoms with E-state index in [1.165, 1.54) is 33.4 Å². The highest BCUT2D eigenvalue weighted by Gasteiger charge is 2.22. The molecule has 0 atom stereocenters. The monoisotopic (exact) mass is 289 g/mol. The van der Waals surface area contributed by atoms with Gasteiger partial charge in [-0.15, -0.1) is 11.3 Å². The van der Waals surface area contributed by atoms with Crippen molar-refractivity contribution in [3.05, 3.63) is 28.6 Å². The maximum Gasteiger partial charge on any atom is 0.136 e. The second kappa shape index (κ2) is 5.74. The Labute approximate surface area is 125 Å². The summed E-state index contributed by atoms with van der Waals surface area (Å²) >= 11 is 1.90. The zero-order chi connectivity index (χ0) is 14.1. The van der Waals surface area contributed by atoms with Crippen molar-refractivity contribution in [1.29, 1.82) is 0 Å². The summed E-state index contributed by atoms with van der Waals surface area (Å²) in [5.74, 6) is 1.69. The number of methoxy groups -OCH3 is 1. The first-order chi connectivity index (χ1) is 9.69. The van der Waals surface area contributed by atoms with Gasteiger partial charge in [0.1, 0.15) is 5.75 Å². The fourth-order valence-electron chi connectivity index (χ4n) is 2.65. The fraction of sp³-hybridized carbons (Fsp3) is 0.529. The van der Waals surface area contributed by atoms with E-state index in [4.69, 9.17) is 4.74 Å². The van der Waals surface area contributed by atoms with Gasteiger partial charge in [-0.2, -0.15) is 0 Å². The molecule has 0 saturated heterocycles. The second-order valence-electron chi connectivity index (χ2n) is 6.09. The molecule has 3 rings (SSSR count). The number of ether oxygens (including phenoxy) is 1. The van der Waals surface area contributed by atoms with Gasteiger partial charge in [0.15, 0.2) is 0 Å². The Hall–Kier alpha value is -1.06. The Kier molecular flexibility index (Phi) is 3.99. The molecule has 1 aliphatic carbocycles. The van der Waals surface area contributed by atoms with Crippen LogP contribution in [0.5, 0.6) is 5.75 Å². The van der Waals surface area contributed by atoms with E-state index in [2.05, 4.69) is 37.4 Å². The lowest BCUT2D eigenvalue weighted by atomic mass is 9.99. The van der Waals surface area contributed by atoms with Crippen LogP contribution < -0.4 is 10.1 Å². The fourth-order valence-corrected chi connectivity index (χ4v) is 3.93. The molecule has 0 bridgehead atoms. The van der Waals surface area contributed by atoms with Gasteiger partial charge in [0.25, 0.3) is 0 Å². The molecule has 2 aromatic rings. The molecule has 0 radical (unpaired) electrons. The molecule has 1 aliphatic rings. The van der Waals surface area contributed by atoms with Gasteiger partial charge in [-0.1, -0.05) is 26.0 Å². The molecule has 0 spiro atoms. The molecule has 1 aromatic carbocycles. The Morgan fingerprint density at radius 3 is 2.80 bits per heavy atom. The van der Waals surface area contributed by atoms with Crippen molar-refractivity contribution in [3.8, 4) is 5.75 Å². The third-order valence-electron chi connectivity index (χ3n) is 3.83. The van der Waals surface area contributed by atoms with E-state index >= 15 is 0 Å². The molecule has 2 nitrogen and oxygen atoms in total. The van der Waals surface area contributed by atoms with Gasteiger partial charge in [0.05, 0.1) is 11.8 Å². The smallest absolute Gasteiger partial charge is 0.136 e. The van der Waals surface area contributed by atoms with Crippen molar-refractivity contribution in [2.24, 2.45) is 5.92 Å². The first-order valence-electron chi connectivity index (χ1n) is 7.49. The molecule has 0 unspecified atom stereocenters. The van der Waals surface area contributed by atoms with Crippen LogP contribution in [-0.2, 0) is 13.0 Å². The summed E-state index contributed by atoms with van der Waals surface area (Å²) in [6.45, 7) is 5.60.